The predicted molar refractivity (Wildman–Crippen MR) is 83.3 cm³/mol. The van der Waals surface area contributed by atoms with Crippen LogP contribution in [0.1, 0.15) is 21.1 Å². The average molecular weight is 290 g/mol. The van der Waals surface area contributed by atoms with E-state index in [-0.39, 0.29) is 5.91 Å². The molecule has 1 heterocycles. The van der Waals surface area contributed by atoms with E-state index in [9.17, 15) is 4.79 Å². The molecule has 1 aromatic carbocycles. The van der Waals surface area contributed by atoms with Gasteiger partial charge in [-0.15, -0.1) is 11.3 Å². The number of benzene rings is 1. The number of carbonyl (C=O) groups excluding carboxylic acids is 1. The Kier molecular flexibility index (Phi) is 4.57. The van der Waals surface area contributed by atoms with Gasteiger partial charge >= 0.3 is 0 Å². The van der Waals surface area contributed by atoms with Crippen molar-refractivity contribution in [2.75, 3.05) is 24.6 Å². The standard InChI is InChI=1S/C14H18N4OS/c1-9-8-20-13(18-9)5-6-17-12-7-10(14(19)16-2)3-4-11(12)15/h3-4,7-8,17H,5-6,15H2,1-2H3,(H,16,19). The smallest absolute Gasteiger partial charge is 0.251 e. The SMILES string of the molecule is CNC(=O)c1ccc(N)c(NCCc2nc(C)cs2)c1. The fraction of sp³-hybridized carbons (Fsp3) is 0.286. The summed E-state index contributed by atoms with van der Waals surface area (Å²) in [6, 6.07) is 5.21. The Bertz CT molecular complexity index is 609. The van der Waals surface area contributed by atoms with Crippen LogP contribution in [0.4, 0.5) is 11.4 Å². The molecule has 20 heavy (non-hydrogen) atoms. The van der Waals surface area contributed by atoms with E-state index in [4.69, 9.17) is 5.73 Å². The minimum Gasteiger partial charge on any atom is -0.397 e. The number of anilines is 2. The highest BCUT2D eigenvalue weighted by molar-refractivity contribution is 7.09. The molecule has 1 amide bonds. The van der Waals surface area contributed by atoms with Gasteiger partial charge in [-0.25, -0.2) is 4.98 Å². The van der Waals surface area contributed by atoms with Gasteiger partial charge in [-0.2, -0.15) is 0 Å². The molecule has 0 fully saturated rings. The van der Waals surface area contributed by atoms with Crippen LogP contribution in [0, 0.1) is 6.92 Å². The second-order valence-corrected chi connectivity index (χ2v) is 5.38. The molecule has 0 saturated heterocycles. The molecule has 0 aliphatic heterocycles. The number of nitrogens with two attached hydrogens (primary N) is 1. The van der Waals surface area contributed by atoms with Gasteiger partial charge in [0.25, 0.3) is 5.91 Å². The maximum absolute atomic E-state index is 11.6. The van der Waals surface area contributed by atoms with Crippen LogP contribution in [0.15, 0.2) is 23.6 Å². The van der Waals surface area contributed by atoms with Crippen molar-refractivity contribution in [1.29, 1.82) is 0 Å². The predicted octanol–water partition coefficient (Wildman–Crippen LogP) is 2.05. The van der Waals surface area contributed by atoms with Crippen LogP contribution in [0.3, 0.4) is 0 Å². The van der Waals surface area contributed by atoms with Crippen LogP contribution in [0.5, 0.6) is 0 Å². The largest absolute Gasteiger partial charge is 0.397 e. The number of amides is 1. The highest BCUT2D eigenvalue weighted by Gasteiger charge is 2.07. The van der Waals surface area contributed by atoms with Gasteiger partial charge in [-0.05, 0) is 25.1 Å². The monoisotopic (exact) mass is 290 g/mol. The highest BCUT2D eigenvalue weighted by Crippen LogP contribution is 2.20. The van der Waals surface area contributed by atoms with E-state index in [0.29, 0.717) is 11.3 Å². The molecule has 0 saturated carbocycles. The molecule has 0 bridgehead atoms. The quantitative estimate of drug-likeness (QED) is 0.736. The summed E-state index contributed by atoms with van der Waals surface area (Å²) in [6.45, 7) is 2.71. The van der Waals surface area contributed by atoms with Gasteiger partial charge in [-0.3, -0.25) is 4.79 Å². The van der Waals surface area contributed by atoms with Crippen LogP contribution >= 0.6 is 11.3 Å². The first-order valence-electron chi connectivity index (χ1n) is 6.36. The van der Waals surface area contributed by atoms with Crippen LogP contribution in [-0.2, 0) is 6.42 Å². The van der Waals surface area contributed by atoms with E-state index < -0.39 is 0 Å². The van der Waals surface area contributed by atoms with Crippen LogP contribution < -0.4 is 16.4 Å². The van der Waals surface area contributed by atoms with E-state index in [2.05, 4.69) is 15.6 Å². The number of carbonyl (C=O) groups is 1. The van der Waals surface area contributed by atoms with Gasteiger partial charge in [0.05, 0.1) is 16.4 Å². The molecule has 2 rings (SSSR count). The number of aryl methyl sites for hydroxylation is 1. The third-order valence-electron chi connectivity index (χ3n) is 2.86. The summed E-state index contributed by atoms with van der Waals surface area (Å²) in [6.07, 6.45) is 0.835. The Morgan fingerprint density at radius 2 is 2.25 bits per heavy atom. The molecule has 4 N–H and O–H groups in total. The van der Waals surface area contributed by atoms with Crippen LogP contribution in [0.25, 0.3) is 0 Å². The molecule has 0 radical (unpaired) electrons. The van der Waals surface area contributed by atoms with Crippen LogP contribution in [0.2, 0.25) is 0 Å². The first kappa shape index (κ1) is 14.3. The number of nitrogens with one attached hydrogen (secondary N) is 2. The molecular formula is C14H18N4OS. The molecule has 2 aromatic rings. The Hall–Kier alpha value is -2.08. The average Bonchev–Trinajstić information content (AvgIpc) is 2.85. The van der Waals surface area contributed by atoms with E-state index in [1.807, 2.05) is 12.3 Å². The van der Waals surface area contributed by atoms with Crippen molar-refractivity contribution in [2.45, 2.75) is 13.3 Å². The van der Waals surface area contributed by atoms with Crippen molar-refractivity contribution in [3.8, 4) is 0 Å². The Morgan fingerprint density at radius 1 is 1.45 bits per heavy atom. The zero-order chi connectivity index (χ0) is 14.5. The Morgan fingerprint density at radius 3 is 2.90 bits per heavy atom. The van der Waals surface area contributed by atoms with Crippen molar-refractivity contribution >= 4 is 28.6 Å². The Balaban J connectivity index is 1.99. The molecule has 1 aromatic heterocycles. The molecule has 0 atom stereocenters. The van der Waals surface area contributed by atoms with Gasteiger partial charge in [0.1, 0.15) is 0 Å². The lowest BCUT2D eigenvalue weighted by molar-refractivity contribution is 0.0963. The summed E-state index contributed by atoms with van der Waals surface area (Å²) < 4.78 is 0. The second kappa shape index (κ2) is 6.38. The van der Waals surface area contributed by atoms with Gasteiger partial charge < -0.3 is 16.4 Å². The van der Waals surface area contributed by atoms with Crippen molar-refractivity contribution in [3.05, 3.63) is 39.8 Å². The fourth-order valence-electron chi connectivity index (χ4n) is 1.82. The highest BCUT2D eigenvalue weighted by atomic mass is 32.1. The lowest BCUT2D eigenvalue weighted by Gasteiger charge is -2.10. The molecule has 0 spiro atoms. The van der Waals surface area contributed by atoms with E-state index in [0.717, 1.165) is 29.4 Å². The zero-order valence-electron chi connectivity index (χ0n) is 11.6. The number of thiazole rings is 1. The van der Waals surface area contributed by atoms with E-state index in [1.165, 1.54) is 0 Å². The lowest BCUT2D eigenvalue weighted by Crippen LogP contribution is -2.18. The zero-order valence-corrected chi connectivity index (χ0v) is 12.4. The van der Waals surface area contributed by atoms with E-state index >= 15 is 0 Å². The molecule has 0 aliphatic carbocycles. The summed E-state index contributed by atoms with van der Waals surface area (Å²) in [5.74, 6) is -0.122. The summed E-state index contributed by atoms with van der Waals surface area (Å²) >= 11 is 1.65. The van der Waals surface area contributed by atoms with Crippen molar-refractivity contribution in [2.24, 2.45) is 0 Å². The van der Waals surface area contributed by atoms with Gasteiger partial charge in [0.2, 0.25) is 0 Å². The molecular weight excluding hydrogens is 272 g/mol. The second-order valence-electron chi connectivity index (χ2n) is 4.44. The minimum absolute atomic E-state index is 0.122. The summed E-state index contributed by atoms with van der Waals surface area (Å²) in [7, 11) is 1.61. The fourth-order valence-corrected chi connectivity index (χ4v) is 2.59. The van der Waals surface area contributed by atoms with Crippen molar-refractivity contribution in [3.63, 3.8) is 0 Å². The summed E-state index contributed by atoms with van der Waals surface area (Å²) in [5.41, 5.74) is 8.96. The van der Waals surface area contributed by atoms with Crippen molar-refractivity contribution in [1.82, 2.24) is 10.3 Å². The number of rotatable bonds is 5. The topological polar surface area (TPSA) is 80.0 Å². The third-order valence-corrected chi connectivity index (χ3v) is 3.89. The van der Waals surface area contributed by atoms with Gasteiger partial charge in [0, 0.05) is 36.7 Å². The normalized spacial score (nSPS) is 10.3. The number of nitrogen functional groups attached to an aromatic ring is 1. The molecule has 0 unspecified atom stereocenters. The third kappa shape index (κ3) is 3.48. The number of hydrogen-bond donors (Lipinski definition) is 3. The first-order chi connectivity index (χ1) is 9.60. The maximum Gasteiger partial charge on any atom is 0.251 e. The molecule has 6 heteroatoms. The summed E-state index contributed by atoms with van der Waals surface area (Å²) in [4.78, 5) is 16.0. The van der Waals surface area contributed by atoms with Crippen molar-refractivity contribution < 1.29 is 4.79 Å². The minimum atomic E-state index is -0.122. The van der Waals surface area contributed by atoms with E-state index in [1.54, 1.807) is 36.6 Å². The number of nitrogens with zero attached hydrogens (tertiary/aromatic N) is 1. The Labute approximate surface area is 122 Å². The van der Waals surface area contributed by atoms with Crippen LogP contribution in [-0.4, -0.2) is 24.5 Å². The number of aromatic nitrogens is 1. The maximum atomic E-state index is 11.6. The molecule has 0 aliphatic rings. The van der Waals surface area contributed by atoms with Gasteiger partial charge in [0.15, 0.2) is 0 Å². The molecule has 106 valence electrons. The number of hydrogen-bond acceptors (Lipinski definition) is 5. The molecule has 5 nitrogen and oxygen atoms in total. The lowest BCUT2D eigenvalue weighted by atomic mass is 10.1. The first-order valence-corrected chi connectivity index (χ1v) is 7.24. The van der Waals surface area contributed by atoms with Gasteiger partial charge in [-0.1, -0.05) is 0 Å². The summed E-state index contributed by atoms with van der Waals surface area (Å²) in [5, 5.41) is 8.98.